The summed E-state index contributed by atoms with van der Waals surface area (Å²) in [6.07, 6.45) is 0.743. The van der Waals surface area contributed by atoms with Crippen LogP contribution in [0.1, 0.15) is 58.1 Å². The summed E-state index contributed by atoms with van der Waals surface area (Å²) in [5.74, 6) is 0.000306. The van der Waals surface area contributed by atoms with Crippen LogP contribution >= 0.6 is 0 Å². The van der Waals surface area contributed by atoms with Crippen LogP contribution in [0.25, 0.3) is 0 Å². The Morgan fingerprint density at radius 2 is 1.59 bits per heavy atom. The smallest absolute Gasteiger partial charge is 0.264 e. The Labute approximate surface area is 175 Å². The molecule has 0 bridgehead atoms. The largest absolute Gasteiger partial charge is 0.350 e. The second kappa shape index (κ2) is 8.99. The summed E-state index contributed by atoms with van der Waals surface area (Å²) in [5.41, 5.74) is 2.15. The Bertz CT molecular complexity index is 931. The molecule has 29 heavy (non-hydrogen) atoms. The highest BCUT2D eigenvalue weighted by molar-refractivity contribution is 7.92. The van der Waals surface area contributed by atoms with Gasteiger partial charge in [0, 0.05) is 5.54 Å². The summed E-state index contributed by atoms with van der Waals surface area (Å²) < 4.78 is 27.9. The molecule has 2 rings (SSSR count). The lowest BCUT2D eigenvalue weighted by Crippen LogP contribution is -2.48. The molecule has 0 aliphatic rings. The van der Waals surface area contributed by atoms with Gasteiger partial charge in [0.2, 0.25) is 5.91 Å². The third kappa shape index (κ3) is 5.82. The number of carbonyl (C=O) groups is 1. The molecule has 0 aromatic heterocycles. The number of rotatable bonds is 8. The molecule has 158 valence electrons. The zero-order valence-electron chi connectivity index (χ0n) is 18.2. The van der Waals surface area contributed by atoms with E-state index in [9.17, 15) is 13.2 Å². The molecule has 0 aliphatic heterocycles. The molecule has 0 atom stereocenters. The van der Waals surface area contributed by atoms with E-state index in [-0.39, 0.29) is 17.3 Å². The van der Waals surface area contributed by atoms with Gasteiger partial charge in [0.1, 0.15) is 6.54 Å². The summed E-state index contributed by atoms with van der Waals surface area (Å²) >= 11 is 0. The summed E-state index contributed by atoms with van der Waals surface area (Å²) in [6.45, 7) is 11.6. The van der Waals surface area contributed by atoms with Crippen molar-refractivity contribution in [3.05, 3.63) is 59.7 Å². The van der Waals surface area contributed by atoms with E-state index in [0.717, 1.165) is 17.5 Å². The highest BCUT2D eigenvalue weighted by Gasteiger charge is 2.29. The van der Waals surface area contributed by atoms with Gasteiger partial charge < -0.3 is 5.32 Å². The second-order valence-corrected chi connectivity index (χ2v) is 10.2. The first-order valence-corrected chi connectivity index (χ1v) is 11.4. The van der Waals surface area contributed by atoms with Gasteiger partial charge in [-0.15, -0.1) is 0 Å². The van der Waals surface area contributed by atoms with Gasteiger partial charge in [0.25, 0.3) is 10.0 Å². The van der Waals surface area contributed by atoms with Crippen LogP contribution in [-0.4, -0.2) is 26.4 Å². The van der Waals surface area contributed by atoms with E-state index in [2.05, 4.69) is 19.2 Å². The molecule has 2 aromatic carbocycles. The van der Waals surface area contributed by atoms with Crippen molar-refractivity contribution in [2.24, 2.45) is 0 Å². The summed E-state index contributed by atoms with van der Waals surface area (Å²) in [7, 11) is -3.89. The molecular formula is C23H32N2O3S. The average Bonchev–Trinajstić information content (AvgIpc) is 2.66. The van der Waals surface area contributed by atoms with Crippen molar-refractivity contribution < 1.29 is 13.2 Å². The SMILES string of the molecule is CCC(C)(C)NC(=O)CN(c1ccc(C(C)C)cc1)S(=O)(=O)c1ccc(C)cc1. The Kier molecular flexibility index (Phi) is 7.11. The molecule has 5 nitrogen and oxygen atoms in total. The second-order valence-electron chi connectivity index (χ2n) is 8.36. The first-order chi connectivity index (χ1) is 13.5. The molecular weight excluding hydrogens is 384 g/mol. The van der Waals surface area contributed by atoms with E-state index in [1.54, 1.807) is 36.4 Å². The predicted molar refractivity (Wildman–Crippen MR) is 119 cm³/mol. The standard InChI is InChI=1S/C23H32N2O3S/c1-7-23(5,6)24-22(26)16-25(20-12-10-19(11-13-20)17(2)3)29(27,28)21-14-8-18(4)9-15-21/h8-15,17H,7,16H2,1-6H3,(H,24,26). The summed E-state index contributed by atoms with van der Waals surface area (Å²) in [4.78, 5) is 12.9. The Morgan fingerprint density at radius 1 is 1.03 bits per heavy atom. The van der Waals surface area contributed by atoms with Crippen molar-refractivity contribution in [2.45, 2.75) is 64.3 Å². The number of nitrogens with zero attached hydrogens (tertiary/aromatic N) is 1. The van der Waals surface area contributed by atoms with Crippen molar-refractivity contribution in [3.8, 4) is 0 Å². The molecule has 6 heteroatoms. The number of nitrogens with one attached hydrogen (secondary N) is 1. The van der Waals surface area contributed by atoms with Crippen LogP contribution in [0.5, 0.6) is 0 Å². The van der Waals surface area contributed by atoms with E-state index in [1.807, 2.05) is 39.8 Å². The maximum Gasteiger partial charge on any atom is 0.264 e. The first kappa shape index (κ1) is 22.9. The molecule has 0 fully saturated rings. The van der Waals surface area contributed by atoms with Crippen LogP contribution in [0.4, 0.5) is 5.69 Å². The zero-order chi connectivity index (χ0) is 21.8. The lowest BCUT2D eigenvalue weighted by Gasteiger charge is -2.28. The molecule has 0 saturated carbocycles. The van der Waals surface area contributed by atoms with Crippen molar-refractivity contribution in [1.29, 1.82) is 0 Å². The van der Waals surface area contributed by atoms with Crippen molar-refractivity contribution in [1.82, 2.24) is 5.32 Å². The summed E-state index contributed by atoms with van der Waals surface area (Å²) in [5, 5.41) is 2.92. The van der Waals surface area contributed by atoms with Crippen molar-refractivity contribution >= 4 is 21.6 Å². The highest BCUT2D eigenvalue weighted by Crippen LogP contribution is 2.26. The summed E-state index contributed by atoms with van der Waals surface area (Å²) in [6, 6.07) is 14.0. The number of benzene rings is 2. The van der Waals surface area contributed by atoms with Gasteiger partial charge in [-0.1, -0.05) is 50.6 Å². The lowest BCUT2D eigenvalue weighted by atomic mass is 10.0. The van der Waals surface area contributed by atoms with Gasteiger partial charge >= 0.3 is 0 Å². The molecule has 0 heterocycles. The fourth-order valence-electron chi connectivity index (χ4n) is 2.81. The van der Waals surface area contributed by atoms with Gasteiger partial charge in [-0.25, -0.2) is 8.42 Å². The minimum atomic E-state index is -3.89. The number of hydrogen-bond donors (Lipinski definition) is 1. The molecule has 0 aliphatic carbocycles. The average molecular weight is 417 g/mol. The maximum absolute atomic E-state index is 13.4. The van der Waals surface area contributed by atoms with Crippen molar-refractivity contribution in [2.75, 3.05) is 10.8 Å². The lowest BCUT2D eigenvalue weighted by molar-refractivity contribution is -0.121. The van der Waals surface area contributed by atoms with Gasteiger partial charge in [-0.05, 0) is 62.9 Å². The van der Waals surface area contributed by atoms with Crippen LogP contribution in [0.3, 0.4) is 0 Å². The monoisotopic (exact) mass is 416 g/mol. The molecule has 1 amide bonds. The van der Waals surface area contributed by atoms with Crippen LogP contribution in [0.2, 0.25) is 0 Å². The van der Waals surface area contributed by atoms with Gasteiger partial charge in [-0.3, -0.25) is 9.10 Å². The number of carbonyl (C=O) groups excluding carboxylic acids is 1. The third-order valence-electron chi connectivity index (χ3n) is 5.11. The van der Waals surface area contributed by atoms with Gasteiger partial charge in [0.05, 0.1) is 10.6 Å². The molecule has 2 aromatic rings. The van der Waals surface area contributed by atoms with E-state index in [4.69, 9.17) is 0 Å². The topological polar surface area (TPSA) is 66.5 Å². The highest BCUT2D eigenvalue weighted by atomic mass is 32.2. The van der Waals surface area contributed by atoms with E-state index in [0.29, 0.717) is 11.6 Å². The first-order valence-electron chi connectivity index (χ1n) is 9.96. The normalized spacial score (nSPS) is 12.1. The van der Waals surface area contributed by atoms with E-state index >= 15 is 0 Å². The molecule has 1 N–H and O–H groups in total. The Hall–Kier alpha value is -2.34. The minimum absolute atomic E-state index is 0.165. The number of sulfonamides is 1. The zero-order valence-corrected chi connectivity index (χ0v) is 19.0. The Balaban J connectivity index is 2.44. The number of anilines is 1. The van der Waals surface area contributed by atoms with Crippen LogP contribution < -0.4 is 9.62 Å². The van der Waals surface area contributed by atoms with Gasteiger partial charge in [0.15, 0.2) is 0 Å². The number of amides is 1. The van der Waals surface area contributed by atoms with Crippen LogP contribution in [-0.2, 0) is 14.8 Å². The van der Waals surface area contributed by atoms with E-state index < -0.39 is 15.6 Å². The van der Waals surface area contributed by atoms with Crippen molar-refractivity contribution in [3.63, 3.8) is 0 Å². The fourth-order valence-corrected chi connectivity index (χ4v) is 4.23. The number of aryl methyl sites for hydroxylation is 1. The van der Waals surface area contributed by atoms with Crippen LogP contribution in [0, 0.1) is 6.92 Å². The van der Waals surface area contributed by atoms with Crippen LogP contribution in [0.15, 0.2) is 53.4 Å². The third-order valence-corrected chi connectivity index (χ3v) is 6.89. The van der Waals surface area contributed by atoms with E-state index in [1.165, 1.54) is 4.31 Å². The molecule has 0 spiro atoms. The van der Waals surface area contributed by atoms with Gasteiger partial charge in [-0.2, -0.15) is 0 Å². The number of hydrogen-bond acceptors (Lipinski definition) is 3. The Morgan fingerprint density at radius 3 is 2.07 bits per heavy atom. The predicted octanol–water partition coefficient (Wildman–Crippen LogP) is 4.62. The fraction of sp³-hybridized carbons (Fsp3) is 0.435. The molecule has 0 saturated heterocycles. The molecule has 0 unspecified atom stereocenters. The minimum Gasteiger partial charge on any atom is -0.350 e. The quantitative estimate of drug-likeness (QED) is 0.683. The molecule has 0 radical (unpaired) electrons. The maximum atomic E-state index is 13.4.